The Balaban J connectivity index is 2.25. The monoisotopic (exact) mass is 258 g/mol. The molecule has 100 valence electrons. The summed E-state index contributed by atoms with van der Waals surface area (Å²) in [4.78, 5) is 0. The van der Waals surface area contributed by atoms with Crippen molar-refractivity contribution in [2.45, 2.75) is 33.1 Å². The van der Waals surface area contributed by atoms with Gasteiger partial charge in [-0.05, 0) is 48.6 Å². The first-order chi connectivity index (χ1) is 9.11. The van der Waals surface area contributed by atoms with Crippen LogP contribution in [0.4, 0.5) is 4.39 Å². The summed E-state index contributed by atoms with van der Waals surface area (Å²) in [7, 11) is 0. The summed E-state index contributed by atoms with van der Waals surface area (Å²) in [5.74, 6) is 1.16. The van der Waals surface area contributed by atoms with E-state index in [1.807, 2.05) is 13.0 Å². The number of aryl methyl sites for hydroxylation is 1. The lowest BCUT2D eigenvalue weighted by molar-refractivity contribution is 0.439. The van der Waals surface area contributed by atoms with E-state index in [1.165, 1.54) is 11.6 Å². The van der Waals surface area contributed by atoms with Gasteiger partial charge in [0, 0.05) is 0 Å². The molecule has 1 atom stereocenters. The smallest absolute Gasteiger partial charge is 0.165 e. The Morgan fingerprint density at radius 3 is 2.47 bits per heavy atom. The quantitative estimate of drug-likeness (QED) is 0.709. The standard InChI is InChI=1S/C17H19FO/c1-4-12(2)14-9-10-16(13(3)11-14)19-17-8-6-5-7-15(17)18/h5-12H,4H2,1-3H3. The Morgan fingerprint density at radius 1 is 1.11 bits per heavy atom. The number of para-hydroxylation sites is 1. The lowest BCUT2D eigenvalue weighted by Gasteiger charge is -2.13. The Morgan fingerprint density at radius 2 is 1.84 bits per heavy atom. The molecule has 0 saturated heterocycles. The highest BCUT2D eigenvalue weighted by atomic mass is 19.1. The maximum Gasteiger partial charge on any atom is 0.165 e. The second-order valence-electron chi connectivity index (χ2n) is 4.87. The number of rotatable bonds is 4. The second kappa shape index (κ2) is 5.87. The molecule has 2 aromatic rings. The maximum atomic E-state index is 13.5. The molecule has 0 amide bonds. The highest BCUT2D eigenvalue weighted by Gasteiger charge is 2.09. The molecule has 0 aliphatic rings. The Hall–Kier alpha value is -1.83. The van der Waals surface area contributed by atoms with E-state index in [-0.39, 0.29) is 11.6 Å². The van der Waals surface area contributed by atoms with Gasteiger partial charge in [0.1, 0.15) is 5.75 Å². The maximum absolute atomic E-state index is 13.5. The molecule has 0 fully saturated rings. The molecule has 0 radical (unpaired) electrons. The molecular weight excluding hydrogens is 239 g/mol. The molecule has 0 N–H and O–H groups in total. The molecule has 1 unspecified atom stereocenters. The molecule has 0 aromatic heterocycles. The molecule has 0 saturated carbocycles. The van der Waals surface area contributed by atoms with Gasteiger partial charge in [-0.2, -0.15) is 0 Å². The molecule has 2 aromatic carbocycles. The van der Waals surface area contributed by atoms with Gasteiger partial charge in [0.2, 0.25) is 0 Å². The van der Waals surface area contributed by atoms with Crippen LogP contribution in [0.25, 0.3) is 0 Å². The average molecular weight is 258 g/mol. The van der Waals surface area contributed by atoms with Crippen molar-refractivity contribution in [1.82, 2.24) is 0 Å². The Kier molecular flexibility index (Phi) is 4.20. The second-order valence-corrected chi connectivity index (χ2v) is 4.87. The van der Waals surface area contributed by atoms with Crippen LogP contribution in [0.15, 0.2) is 42.5 Å². The van der Waals surface area contributed by atoms with Crippen molar-refractivity contribution in [3.8, 4) is 11.5 Å². The van der Waals surface area contributed by atoms with Gasteiger partial charge in [-0.15, -0.1) is 0 Å². The van der Waals surface area contributed by atoms with E-state index in [4.69, 9.17) is 4.74 Å². The number of ether oxygens (including phenoxy) is 1. The molecule has 2 heteroatoms. The Labute approximate surface area is 114 Å². The lowest BCUT2D eigenvalue weighted by atomic mass is 9.97. The largest absolute Gasteiger partial charge is 0.454 e. The summed E-state index contributed by atoms with van der Waals surface area (Å²) < 4.78 is 19.2. The van der Waals surface area contributed by atoms with E-state index in [0.717, 1.165) is 12.0 Å². The van der Waals surface area contributed by atoms with Crippen molar-refractivity contribution >= 4 is 0 Å². The van der Waals surface area contributed by atoms with Gasteiger partial charge in [-0.3, -0.25) is 0 Å². The van der Waals surface area contributed by atoms with Gasteiger partial charge < -0.3 is 4.74 Å². The van der Waals surface area contributed by atoms with E-state index >= 15 is 0 Å². The number of benzene rings is 2. The first kappa shape index (κ1) is 13.6. The summed E-state index contributed by atoms with van der Waals surface area (Å²) in [6.45, 7) is 6.36. The third-order valence-electron chi connectivity index (χ3n) is 3.44. The predicted molar refractivity (Wildman–Crippen MR) is 76.4 cm³/mol. The van der Waals surface area contributed by atoms with Crippen LogP contribution in [0.2, 0.25) is 0 Å². The molecule has 0 aliphatic carbocycles. The zero-order chi connectivity index (χ0) is 13.8. The molecule has 0 aliphatic heterocycles. The molecule has 0 bridgehead atoms. The van der Waals surface area contributed by atoms with Crippen LogP contribution in [-0.4, -0.2) is 0 Å². The molecule has 19 heavy (non-hydrogen) atoms. The van der Waals surface area contributed by atoms with Crippen molar-refractivity contribution in [1.29, 1.82) is 0 Å². The summed E-state index contributed by atoms with van der Waals surface area (Å²) in [5, 5.41) is 0. The summed E-state index contributed by atoms with van der Waals surface area (Å²) in [6.07, 6.45) is 1.10. The normalized spacial score (nSPS) is 12.2. The van der Waals surface area contributed by atoms with E-state index < -0.39 is 0 Å². The highest BCUT2D eigenvalue weighted by Crippen LogP contribution is 2.30. The first-order valence-electron chi connectivity index (χ1n) is 6.64. The summed E-state index contributed by atoms with van der Waals surface area (Å²) >= 11 is 0. The van der Waals surface area contributed by atoms with Gasteiger partial charge in [-0.25, -0.2) is 4.39 Å². The SMILES string of the molecule is CCC(C)c1ccc(Oc2ccccc2F)c(C)c1. The van der Waals surface area contributed by atoms with Crippen molar-refractivity contribution in [2.24, 2.45) is 0 Å². The summed E-state index contributed by atoms with van der Waals surface area (Å²) in [6, 6.07) is 12.5. The molecule has 0 heterocycles. The van der Waals surface area contributed by atoms with E-state index in [2.05, 4.69) is 26.0 Å². The number of halogens is 1. The zero-order valence-electron chi connectivity index (χ0n) is 11.6. The van der Waals surface area contributed by atoms with Crippen LogP contribution in [-0.2, 0) is 0 Å². The first-order valence-corrected chi connectivity index (χ1v) is 6.64. The fraction of sp³-hybridized carbons (Fsp3) is 0.294. The van der Waals surface area contributed by atoms with Crippen LogP contribution in [0, 0.1) is 12.7 Å². The zero-order valence-corrected chi connectivity index (χ0v) is 11.6. The van der Waals surface area contributed by atoms with E-state index in [9.17, 15) is 4.39 Å². The highest BCUT2D eigenvalue weighted by molar-refractivity contribution is 5.40. The number of hydrogen-bond acceptors (Lipinski definition) is 1. The van der Waals surface area contributed by atoms with E-state index in [0.29, 0.717) is 11.7 Å². The predicted octanol–water partition coefficient (Wildman–Crippen LogP) is 5.44. The van der Waals surface area contributed by atoms with Crippen molar-refractivity contribution in [3.05, 3.63) is 59.4 Å². The van der Waals surface area contributed by atoms with Gasteiger partial charge in [0.25, 0.3) is 0 Å². The van der Waals surface area contributed by atoms with Crippen LogP contribution < -0.4 is 4.74 Å². The lowest BCUT2D eigenvalue weighted by Crippen LogP contribution is -1.95. The number of hydrogen-bond donors (Lipinski definition) is 0. The minimum absolute atomic E-state index is 0.266. The minimum atomic E-state index is -0.340. The Bertz CT molecular complexity index is 563. The van der Waals surface area contributed by atoms with Crippen LogP contribution in [0.3, 0.4) is 0 Å². The fourth-order valence-corrected chi connectivity index (χ4v) is 1.98. The van der Waals surface area contributed by atoms with Gasteiger partial charge in [0.05, 0.1) is 0 Å². The van der Waals surface area contributed by atoms with Crippen LogP contribution in [0.1, 0.15) is 37.3 Å². The van der Waals surface area contributed by atoms with Crippen LogP contribution in [0.5, 0.6) is 11.5 Å². The van der Waals surface area contributed by atoms with Crippen molar-refractivity contribution in [3.63, 3.8) is 0 Å². The third-order valence-corrected chi connectivity index (χ3v) is 3.44. The third kappa shape index (κ3) is 3.14. The van der Waals surface area contributed by atoms with Gasteiger partial charge >= 0.3 is 0 Å². The average Bonchev–Trinajstić information content (AvgIpc) is 2.42. The summed E-state index contributed by atoms with van der Waals surface area (Å²) in [5.41, 5.74) is 2.32. The molecular formula is C17H19FO. The minimum Gasteiger partial charge on any atom is -0.454 e. The molecule has 0 spiro atoms. The van der Waals surface area contributed by atoms with Gasteiger partial charge in [0.15, 0.2) is 11.6 Å². The molecule has 2 rings (SSSR count). The fourth-order valence-electron chi connectivity index (χ4n) is 1.98. The molecule has 1 nitrogen and oxygen atoms in total. The van der Waals surface area contributed by atoms with Gasteiger partial charge in [-0.1, -0.05) is 38.1 Å². The van der Waals surface area contributed by atoms with Crippen molar-refractivity contribution in [2.75, 3.05) is 0 Å². The van der Waals surface area contributed by atoms with E-state index in [1.54, 1.807) is 18.2 Å². The topological polar surface area (TPSA) is 9.23 Å². The van der Waals surface area contributed by atoms with Crippen molar-refractivity contribution < 1.29 is 9.13 Å². The van der Waals surface area contributed by atoms with Crippen LogP contribution >= 0.6 is 0 Å².